The highest BCUT2D eigenvalue weighted by Gasteiger charge is 2.31. The van der Waals surface area contributed by atoms with Gasteiger partial charge in [0.15, 0.2) is 11.6 Å². The number of imidazole rings is 1. The van der Waals surface area contributed by atoms with Crippen LogP contribution in [-0.4, -0.2) is 27.7 Å². The zero-order valence-corrected chi connectivity index (χ0v) is 18.6. The van der Waals surface area contributed by atoms with Gasteiger partial charge in [0.2, 0.25) is 10.0 Å². The van der Waals surface area contributed by atoms with Crippen LogP contribution >= 0.6 is 0 Å². The molecule has 2 atom stereocenters. The van der Waals surface area contributed by atoms with Gasteiger partial charge in [-0.1, -0.05) is 0 Å². The molecule has 170 valence electrons. The number of sulfonamides is 1. The molecule has 0 bridgehead atoms. The lowest BCUT2D eigenvalue weighted by molar-refractivity contribution is 0.471. The van der Waals surface area contributed by atoms with Crippen molar-refractivity contribution in [2.75, 3.05) is 5.32 Å². The summed E-state index contributed by atoms with van der Waals surface area (Å²) in [5.74, 6) is 0.0754. The first kappa shape index (κ1) is 21.0. The number of rotatable bonds is 5. The number of hydrogen-bond donors (Lipinski definition) is 3. The normalized spacial score (nSPS) is 21.9. The van der Waals surface area contributed by atoms with Crippen molar-refractivity contribution in [2.24, 2.45) is 0 Å². The summed E-state index contributed by atoms with van der Waals surface area (Å²) in [4.78, 5) is 12.6. The Kier molecular flexibility index (Phi) is 4.97. The maximum Gasteiger partial charge on any atom is 0.328 e. The third-order valence-electron chi connectivity index (χ3n) is 6.41. The van der Waals surface area contributed by atoms with Gasteiger partial charge in [-0.25, -0.2) is 22.3 Å². The molecule has 1 aromatic carbocycles. The molecule has 0 amide bonds. The third-order valence-corrected chi connectivity index (χ3v) is 7.90. The summed E-state index contributed by atoms with van der Waals surface area (Å²) in [7, 11) is -3.62. The molecule has 1 saturated carbocycles. The Morgan fingerprint density at radius 1 is 1.25 bits per heavy atom. The molecule has 1 fully saturated rings. The summed E-state index contributed by atoms with van der Waals surface area (Å²) in [5, 5.41) is 10.2. The number of fused-ring (bicyclic) bond motifs is 1. The maximum absolute atomic E-state index is 14.8. The van der Waals surface area contributed by atoms with Crippen LogP contribution in [0.5, 0.6) is 0 Å². The molecule has 2 aliphatic rings. The van der Waals surface area contributed by atoms with E-state index in [1.54, 1.807) is 4.57 Å². The Balaban J connectivity index is 1.31. The van der Waals surface area contributed by atoms with E-state index in [1.165, 1.54) is 12.1 Å². The summed E-state index contributed by atoms with van der Waals surface area (Å²) in [6.45, 7) is 3.91. The first-order valence-corrected chi connectivity index (χ1v) is 12.1. The number of aromatic nitrogens is 4. The number of benzene rings is 1. The lowest BCUT2D eigenvalue weighted by Gasteiger charge is -2.12. The average Bonchev–Trinajstić information content (AvgIpc) is 3.50. The van der Waals surface area contributed by atoms with Gasteiger partial charge in [-0.3, -0.25) is 14.2 Å². The van der Waals surface area contributed by atoms with Gasteiger partial charge >= 0.3 is 5.69 Å². The molecule has 5 rings (SSSR count). The van der Waals surface area contributed by atoms with Crippen molar-refractivity contribution in [3.8, 4) is 0 Å². The SMILES string of the molecule is CC(C)n1ccn(C2CCC(c3cc(Nc4ccc5c(c4F)CNS5(=O)=O)n[nH]3)C2)c1=O. The largest absolute Gasteiger partial charge is 0.336 e. The van der Waals surface area contributed by atoms with Gasteiger partial charge in [0.1, 0.15) is 0 Å². The molecule has 3 heterocycles. The molecule has 9 nitrogen and oxygen atoms in total. The van der Waals surface area contributed by atoms with Gasteiger partial charge in [0.05, 0.1) is 10.6 Å². The first-order valence-electron chi connectivity index (χ1n) is 10.7. The minimum Gasteiger partial charge on any atom is -0.336 e. The third kappa shape index (κ3) is 3.45. The molecule has 0 saturated heterocycles. The van der Waals surface area contributed by atoms with E-state index in [9.17, 15) is 17.6 Å². The van der Waals surface area contributed by atoms with Crippen molar-refractivity contribution >= 4 is 21.5 Å². The quantitative estimate of drug-likeness (QED) is 0.541. The number of nitrogens with one attached hydrogen (secondary N) is 3. The second-order valence-corrected chi connectivity index (χ2v) is 10.5. The van der Waals surface area contributed by atoms with Gasteiger partial charge in [0.25, 0.3) is 0 Å². The fourth-order valence-corrected chi connectivity index (χ4v) is 5.90. The van der Waals surface area contributed by atoms with E-state index in [4.69, 9.17) is 0 Å². The Morgan fingerprint density at radius 3 is 2.81 bits per heavy atom. The van der Waals surface area contributed by atoms with Gasteiger partial charge in [-0.15, -0.1) is 0 Å². The highest BCUT2D eigenvalue weighted by Crippen LogP contribution is 2.40. The van der Waals surface area contributed by atoms with Crippen LogP contribution in [0.1, 0.15) is 62.4 Å². The standard InChI is InChI=1S/C21H25FN6O3S/c1-12(2)27-7-8-28(21(27)29)14-4-3-13(9-14)17-10-19(26-25-17)24-16-5-6-18-15(20(16)22)11-23-32(18,30)31/h5-8,10,12-14,23H,3-4,9,11H2,1-2H3,(H2,24,25,26). The molecule has 2 aromatic heterocycles. The van der Waals surface area contributed by atoms with E-state index in [2.05, 4.69) is 20.2 Å². The molecule has 1 aliphatic carbocycles. The number of H-pyrrole nitrogens is 1. The number of nitrogens with zero attached hydrogens (tertiary/aromatic N) is 3. The minimum atomic E-state index is -3.62. The summed E-state index contributed by atoms with van der Waals surface area (Å²) >= 11 is 0. The van der Waals surface area contributed by atoms with Crippen LogP contribution in [0.25, 0.3) is 0 Å². The topological polar surface area (TPSA) is 114 Å². The van der Waals surface area contributed by atoms with Crippen molar-refractivity contribution < 1.29 is 12.8 Å². The lowest BCUT2D eigenvalue weighted by Crippen LogP contribution is -2.27. The molecular formula is C21H25FN6O3S. The zero-order valence-electron chi connectivity index (χ0n) is 17.8. The number of aromatic amines is 1. The van der Waals surface area contributed by atoms with E-state index >= 15 is 0 Å². The number of hydrogen-bond acceptors (Lipinski definition) is 5. The van der Waals surface area contributed by atoms with Crippen LogP contribution in [0.4, 0.5) is 15.9 Å². The Hall–Kier alpha value is -2.92. The summed E-state index contributed by atoms with van der Waals surface area (Å²) in [6.07, 6.45) is 6.34. The fraction of sp³-hybridized carbons (Fsp3) is 0.429. The Labute approximate surface area is 184 Å². The van der Waals surface area contributed by atoms with Crippen LogP contribution in [0, 0.1) is 5.82 Å². The van der Waals surface area contributed by atoms with Crippen LogP contribution < -0.4 is 15.7 Å². The van der Waals surface area contributed by atoms with Crippen molar-refractivity contribution in [3.05, 3.63) is 58.2 Å². The molecule has 1 aliphatic heterocycles. The predicted octanol–water partition coefficient (Wildman–Crippen LogP) is 3.14. The lowest BCUT2D eigenvalue weighted by atomic mass is 10.0. The van der Waals surface area contributed by atoms with Crippen LogP contribution in [-0.2, 0) is 16.6 Å². The summed E-state index contributed by atoms with van der Waals surface area (Å²) in [6, 6.07) is 4.90. The van der Waals surface area contributed by atoms with Crippen LogP contribution in [0.15, 0.2) is 40.3 Å². The van der Waals surface area contributed by atoms with Crippen molar-refractivity contribution in [3.63, 3.8) is 0 Å². The molecule has 0 radical (unpaired) electrons. The van der Waals surface area contributed by atoms with Crippen molar-refractivity contribution in [2.45, 2.75) is 62.6 Å². The Morgan fingerprint density at radius 2 is 2.06 bits per heavy atom. The predicted molar refractivity (Wildman–Crippen MR) is 117 cm³/mol. The van der Waals surface area contributed by atoms with E-state index in [-0.39, 0.29) is 46.4 Å². The first-order chi connectivity index (χ1) is 15.2. The second-order valence-electron chi connectivity index (χ2n) is 8.71. The zero-order chi connectivity index (χ0) is 22.6. The molecule has 3 aromatic rings. The van der Waals surface area contributed by atoms with E-state index in [0.29, 0.717) is 5.82 Å². The summed E-state index contributed by atoms with van der Waals surface area (Å²) < 4.78 is 44.4. The molecular weight excluding hydrogens is 435 g/mol. The minimum absolute atomic E-state index is 0.0150. The van der Waals surface area contributed by atoms with Gasteiger partial charge in [-0.05, 0) is 45.2 Å². The second kappa shape index (κ2) is 7.59. The van der Waals surface area contributed by atoms with Gasteiger partial charge in [-0.2, -0.15) is 5.10 Å². The number of halogens is 1. The molecule has 0 spiro atoms. The van der Waals surface area contributed by atoms with Gasteiger partial charge < -0.3 is 5.32 Å². The Bertz CT molecular complexity index is 1340. The van der Waals surface area contributed by atoms with E-state index in [1.807, 2.05) is 36.9 Å². The number of anilines is 2. The van der Waals surface area contributed by atoms with Gasteiger partial charge in [0, 0.05) is 54.3 Å². The fourth-order valence-electron chi connectivity index (χ4n) is 4.68. The molecule has 32 heavy (non-hydrogen) atoms. The highest BCUT2D eigenvalue weighted by molar-refractivity contribution is 7.89. The van der Waals surface area contributed by atoms with Crippen LogP contribution in [0.2, 0.25) is 0 Å². The van der Waals surface area contributed by atoms with Crippen molar-refractivity contribution in [1.82, 2.24) is 24.1 Å². The molecule has 2 unspecified atom stereocenters. The molecule has 3 N–H and O–H groups in total. The monoisotopic (exact) mass is 460 g/mol. The average molecular weight is 461 g/mol. The summed E-state index contributed by atoms with van der Waals surface area (Å²) in [5.41, 5.74) is 1.24. The highest BCUT2D eigenvalue weighted by atomic mass is 32.2. The maximum atomic E-state index is 14.8. The molecule has 11 heteroatoms. The van der Waals surface area contributed by atoms with E-state index < -0.39 is 15.8 Å². The smallest absolute Gasteiger partial charge is 0.328 e. The van der Waals surface area contributed by atoms with E-state index in [0.717, 1.165) is 25.0 Å². The van der Waals surface area contributed by atoms with Crippen molar-refractivity contribution in [1.29, 1.82) is 0 Å². The van der Waals surface area contributed by atoms with Crippen LogP contribution in [0.3, 0.4) is 0 Å².